The highest BCUT2D eigenvalue weighted by atomic mass is 31.2. The van der Waals surface area contributed by atoms with Crippen LogP contribution >= 0.6 is 15.6 Å². The molecule has 0 saturated heterocycles. The molecule has 0 bridgehead atoms. The lowest BCUT2D eigenvalue weighted by Gasteiger charge is -2.21. The van der Waals surface area contributed by atoms with Gasteiger partial charge in [0, 0.05) is 25.7 Å². The molecule has 6 atom stereocenters. The van der Waals surface area contributed by atoms with Crippen LogP contribution in [0.25, 0.3) is 0 Å². The molecular formula is C89H174O17P2. The van der Waals surface area contributed by atoms with Crippen molar-refractivity contribution in [3.05, 3.63) is 0 Å². The van der Waals surface area contributed by atoms with Crippen molar-refractivity contribution in [2.45, 2.75) is 502 Å². The minimum Gasteiger partial charge on any atom is -0.462 e. The molecule has 0 fully saturated rings. The smallest absolute Gasteiger partial charge is 0.462 e. The summed E-state index contributed by atoms with van der Waals surface area (Å²) in [6, 6.07) is 0. The van der Waals surface area contributed by atoms with Gasteiger partial charge in [-0.3, -0.25) is 37.3 Å². The number of esters is 4. The van der Waals surface area contributed by atoms with Crippen molar-refractivity contribution < 1.29 is 80.2 Å². The summed E-state index contributed by atoms with van der Waals surface area (Å²) in [5, 5.41) is 10.7. The molecule has 0 aliphatic carbocycles. The molecule has 0 heterocycles. The Morgan fingerprint density at radius 1 is 0.259 bits per heavy atom. The number of unbranched alkanes of at least 4 members (excludes halogenated alkanes) is 60. The van der Waals surface area contributed by atoms with Crippen molar-refractivity contribution in [2.24, 2.45) is 5.92 Å². The van der Waals surface area contributed by atoms with Gasteiger partial charge in [0.2, 0.25) is 0 Å². The van der Waals surface area contributed by atoms with E-state index in [1.807, 2.05) is 0 Å². The minimum absolute atomic E-state index is 0.109. The van der Waals surface area contributed by atoms with Crippen molar-refractivity contribution in [2.75, 3.05) is 39.6 Å². The molecule has 0 aromatic heterocycles. The van der Waals surface area contributed by atoms with Gasteiger partial charge in [-0.15, -0.1) is 0 Å². The van der Waals surface area contributed by atoms with Gasteiger partial charge in [0.1, 0.15) is 19.3 Å². The second kappa shape index (κ2) is 81.6. The molecule has 0 spiro atoms. The summed E-state index contributed by atoms with van der Waals surface area (Å²) < 4.78 is 69.0. The molecule has 0 aliphatic rings. The van der Waals surface area contributed by atoms with Gasteiger partial charge in [0.25, 0.3) is 0 Å². The van der Waals surface area contributed by atoms with E-state index in [4.69, 9.17) is 37.0 Å². The zero-order valence-corrected chi connectivity index (χ0v) is 72.8. The molecule has 0 aromatic rings. The van der Waals surface area contributed by atoms with E-state index in [9.17, 15) is 43.2 Å². The van der Waals surface area contributed by atoms with E-state index < -0.39 is 97.5 Å². The van der Waals surface area contributed by atoms with Gasteiger partial charge in [-0.05, 0) is 31.6 Å². The monoisotopic (exact) mass is 1580 g/mol. The third-order valence-electron chi connectivity index (χ3n) is 21.4. The van der Waals surface area contributed by atoms with E-state index in [0.717, 1.165) is 95.8 Å². The minimum atomic E-state index is -4.97. The second-order valence-electron chi connectivity index (χ2n) is 32.2. The number of hydrogen-bond donors (Lipinski definition) is 3. The maximum Gasteiger partial charge on any atom is 0.472 e. The summed E-state index contributed by atoms with van der Waals surface area (Å²) in [6.45, 7) is 7.45. The highest BCUT2D eigenvalue weighted by Gasteiger charge is 2.31. The zero-order valence-electron chi connectivity index (χ0n) is 71.0. The number of phosphoric acid groups is 2. The number of rotatable bonds is 89. The Balaban J connectivity index is 5.21. The summed E-state index contributed by atoms with van der Waals surface area (Å²) in [7, 11) is -9.93. The van der Waals surface area contributed by atoms with Gasteiger partial charge in [-0.2, -0.15) is 0 Å². The normalized spacial score (nSPS) is 14.0. The lowest BCUT2D eigenvalue weighted by molar-refractivity contribution is -0.161. The first-order valence-electron chi connectivity index (χ1n) is 46.2. The molecule has 642 valence electrons. The van der Waals surface area contributed by atoms with Crippen molar-refractivity contribution in [3.63, 3.8) is 0 Å². The van der Waals surface area contributed by atoms with Gasteiger partial charge in [0.05, 0.1) is 26.4 Å². The Bertz CT molecular complexity index is 2050. The first kappa shape index (κ1) is 106. The Kier molecular flexibility index (Phi) is 80.2. The molecule has 3 unspecified atom stereocenters. The Hall–Kier alpha value is -1.94. The van der Waals surface area contributed by atoms with Crippen LogP contribution in [0.4, 0.5) is 0 Å². The number of hydrogen-bond acceptors (Lipinski definition) is 15. The fourth-order valence-corrected chi connectivity index (χ4v) is 15.5. The number of carbonyl (C=O) groups excluding carboxylic acids is 4. The number of aliphatic hydroxyl groups excluding tert-OH is 1. The lowest BCUT2D eigenvalue weighted by Crippen LogP contribution is -2.30. The van der Waals surface area contributed by atoms with E-state index in [2.05, 4.69) is 34.6 Å². The Labute approximate surface area is 664 Å². The predicted molar refractivity (Wildman–Crippen MR) is 446 cm³/mol. The van der Waals surface area contributed by atoms with Gasteiger partial charge < -0.3 is 33.8 Å². The maximum absolute atomic E-state index is 13.2. The average molecular weight is 1580 g/mol. The fraction of sp³-hybridized carbons (Fsp3) is 0.955. The van der Waals surface area contributed by atoms with Crippen molar-refractivity contribution in [1.82, 2.24) is 0 Å². The fourth-order valence-electron chi connectivity index (χ4n) is 14.0. The molecule has 0 rings (SSSR count). The Morgan fingerprint density at radius 2 is 0.444 bits per heavy atom. The molecular weight excluding hydrogens is 1400 g/mol. The van der Waals surface area contributed by atoms with Crippen LogP contribution in [0.2, 0.25) is 0 Å². The third kappa shape index (κ3) is 80.7. The summed E-state index contributed by atoms with van der Waals surface area (Å²) in [5.41, 5.74) is 0. The van der Waals surface area contributed by atoms with Crippen LogP contribution in [0.3, 0.4) is 0 Å². The van der Waals surface area contributed by atoms with E-state index in [1.165, 1.54) is 308 Å². The van der Waals surface area contributed by atoms with Crippen molar-refractivity contribution in [1.29, 1.82) is 0 Å². The predicted octanol–water partition coefficient (Wildman–Crippen LogP) is 27.5. The number of aliphatic hydroxyl groups is 1. The van der Waals surface area contributed by atoms with Gasteiger partial charge in [0.15, 0.2) is 12.2 Å². The number of phosphoric ester groups is 2. The lowest BCUT2D eigenvalue weighted by atomic mass is 9.99. The summed E-state index contributed by atoms with van der Waals surface area (Å²) in [6.07, 6.45) is 76.4. The molecule has 3 N–H and O–H groups in total. The third-order valence-corrected chi connectivity index (χ3v) is 23.3. The topological polar surface area (TPSA) is 237 Å². The highest BCUT2D eigenvalue weighted by molar-refractivity contribution is 7.47. The quantitative estimate of drug-likeness (QED) is 0.0222. The maximum atomic E-state index is 13.2. The summed E-state index contributed by atoms with van der Waals surface area (Å²) in [5.74, 6) is -1.22. The first-order valence-corrected chi connectivity index (χ1v) is 49.2. The molecule has 108 heavy (non-hydrogen) atoms. The van der Waals surface area contributed by atoms with E-state index in [-0.39, 0.29) is 25.7 Å². The first-order chi connectivity index (χ1) is 52.6. The molecule has 0 amide bonds. The molecule has 19 heteroatoms. The van der Waals surface area contributed by atoms with Gasteiger partial charge in [-0.25, -0.2) is 9.13 Å². The van der Waals surface area contributed by atoms with Crippen LogP contribution < -0.4 is 0 Å². The SMILES string of the molecule is CCCCCCCCCCCCCCCCCCCCC(=O)OC[C@H](COP(=O)(O)OC[C@@H](O)COP(=O)(O)OC[C@@H](COC(=O)CCCCCCCCCCCC)OC(=O)CCCCCCCCCCCCCCCCCCCC)OC(=O)CCCCCCCCCCCCCCCCCCCCC(C)CC. The summed E-state index contributed by atoms with van der Waals surface area (Å²) in [4.78, 5) is 73.3. The molecule has 0 saturated carbocycles. The van der Waals surface area contributed by atoms with Crippen molar-refractivity contribution in [3.8, 4) is 0 Å². The largest absolute Gasteiger partial charge is 0.472 e. The van der Waals surface area contributed by atoms with E-state index in [0.29, 0.717) is 25.7 Å². The van der Waals surface area contributed by atoms with Crippen LogP contribution in [0, 0.1) is 5.92 Å². The van der Waals surface area contributed by atoms with Crippen LogP contribution in [0.1, 0.15) is 484 Å². The Morgan fingerprint density at radius 3 is 0.657 bits per heavy atom. The second-order valence-corrected chi connectivity index (χ2v) is 35.1. The number of ether oxygens (including phenoxy) is 4. The molecule has 0 radical (unpaired) electrons. The van der Waals surface area contributed by atoms with Crippen LogP contribution in [0.5, 0.6) is 0 Å². The van der Waals surface area contributed by atoms with Gasteiger partial charge >= 0.3 is 39.5 Å². The van der Waals surface area contributed by atoms with Crippen LogP contribution in [-0.2, 0) is 65.4 Å². The zero-order chi connectivity index (χ0) is 79.0. The van der Waals surface area contributed by atoms with Gasteiger partial charge in [-0.1, -0.05) is 433 Å². The van der Waals surface area contributed by atoms with Crippen LogP contribution in [-0.4, -0.2) is 96.7 Å². The standard InChI is InChI=1S/C89H174O17P2/c1-6-10-13-16-19-22-25-27-29-31-36-40-44-48-53-58-63-68-73-87(92)100-79-85(106-89(94)75-70-65-60-55-50-46-42-38-34-33-35-39-43-47-51-56-61-66-71-82(5)9-4)81-104-108(97,98)102-77-83(90)76-101-107(95,96)103-80-84(78-99-86(91)72-67-62-57-52-24-21-18-15-12-8-3)105-88(93)74-69-64-59-54-49-45-41-37-32-30-28-26-23-20-17-14-11-7-2/h82-85,90H,6-81H2,1-5H3,(H,95,96)(H,97,98)/t82?,83-,84+,85+/m0/s1. The molecule has 17 nitrogen and oxygen atoms in total. The molecule has 0 aromatic carbocycles. The van der Waals surface area contributed by atoms with E-state index >= 15 is 0 Å². The molecule has 0 aliphatic heterocycles. The van der Waals surface area contributed by atoms with Crippen molar-refractivity contribution >= 4 is 39.5 Å². The van der Waals surface area contributed by atoms with Crippen LogP contribution in [0.15, 0.2) is 0 Å². The summed E-state index contributed by atoms with van der Waals surface area (Å²) >= 11 is 0. The number of carbonyl (C=O) groups is 4. The average Bonchev–Trinajstić information content (AvgIpc) is 0.903. The highest BCUT2D eigenvalue weighted by Crippen LogP contribution is 2.45. The van der Waals surface area contributed by atoms with E-state index in [1.54, 1.807) is 0 Å².